The summed E-state index contributed by atoms with van der Waals surface area (Å²) in [6.07, 6.45) is 0. The number of benzene rings is 3. The molecule has 0 aliphatic carbocycles. The highest BCUT2D eigenvalue weighted by Crippen LogP contribution is 2.19. The molecular formula is C22H22N2O2S. The standard InChI is InChI=1S/C22H22N2O2S/c1-17(2)18-13-15-20(16-14-18)23-22(19-9-5-3-6-10-19)24-27(25,26)21-11-7-4-8-12-21/h3-17H,1-2H3,(H,23,24). The molecule has 0 atom stereocenters. The zero-order chi connectivity index (χ0) is 19.3. The Morgan fingerprint density at radius 3 is 1.93 bits per heavy atom. The van der Waals surface area contributed by atoms with Crippen LogP contribution in [0.25, 0.3) is 0 Å². The van der Waals surface area contributed by atoms with Crippen molar-refractivity contribution in [3.63, 3.8) is 0 Å². The lowest BCUT2D eigenvalue weighted by Gasteiger charge is -2.12. The van der Waals surface area contributed by atoms with Crippen LogP contribution in [0.15, 0.2) is 94.2 Å². The second kappa shape index (κ2) is 8.18. The van der Waals surface area contributed by atoms with Crippen molar-refractivity contribution in [2.24, 2.45) is 4.40 Å². The molecular weight excluding hydrogens is 356 g/mol. The first-order chi connectivity index (χ1) is 13.0. The van der Waals surface area contributed by atoms with E-state index in [1.807, 2.05) is 54.6 Å². The summed E-state index contributed by atoms with van der Waals surface area (Å²) in [5.74, 6) is 0.719. The maximum Gasteiger partial charge on any atom is 0.284 e. The average molecular weight is 378 g/mol. The number of anilines is 1. The first-order valence-electron chi connectivity index (χ1n) is 8.78. The molecule has 3 rings (SSSR count). The predicted octanol–water partition coefficient (Wildman–Crippen LogP) is 5.06. The number of amidine groups is 1. The molecule has 0 spiro atoms. The summed E-state index contributed by atoms with van der Waals surface area (Å²) < 4.78 is 29.5. The maximum absolute atomic E-state index is 12.7. The molecule has 0 fully saturated rings. The fraction of sp³-hybridized carbons (Fsp3) is 0.136. The third-order valence-electron chi connectivity index (χ3n) is 4.14. The summed E-state index contributed by atoms with van der Waals surface area (Å²) in [7, 11) is -3.82. The maximum atomic E-state index is 12.7. The van der Waals surface area contributed by atoms with E-state index in [1.54, 1.807) is 30.3 Å². The van der Waals surface area contributed by atoms with Gasteiger partial charge >= 0.3 is 0 Å². The van der Waals surface area contributed by atoms with Gasteiger partial charge in [-0.3, -0.25) is 0 Å². The molecule has 138 valence electrons. The number of rotatable bonds is 5. The Kier molecular flexibility index (Phi) is 5.72. The van der Waals surface area contributed by atoms with Crippen molar-refractivity contribution < 1.29 is 8.42 Å². The van der Waals surface area contributed by atoms with E-state index in [4.69, 9.17) is 0 Å². The highest BCUT2D eigenvalue weighted by molar-refractivity contribution is 7.90. The summed E-state index contributed by atoms with van der Waals surface area (Å²) in [5.41, 5.74) is 2.70. The fourth-order valence-electron chi connectivity index (χ4n) is 2.60. The molecule has 0 radical (unpaired) electrons. The number of hydrogen-bond donors (Lipinski definition) is 1. The van der Waals surface area contributed by atoms with E-state index in [-0.39, 0.29) is 10.7 Å². The smallest absolute Gasteiger partial charge is 0.284 e. The zero-order valence-corrected chi connectivity index (χ0v) is 16.1. The Bertz CT molecular complexity index is 1010. The van der Waals surface area contributed by atoms with Gasteiger partial charge in [0.15, 0.2) is 5.84 Å². The van der Waals surface area contributed by atoms with Crippen LogP contribution in [-0.4, -0.2) is 14.3 Å². The van der Waals surface area contributed by atoms with Crippen LogP contribution in [0.5, 0.6) is 0 Å². The number of nitrogens with one attached hydrogen (secondary N) is 1. The second-order valence-electron chi connectivity index (χ2n) is 6.50. The minimum atomic E-state index is -3.82. The molecule has 3 aromatic carbocycles. The number of sulfonamides is 1. The van der Waals surface area contributed by atoms with Gasteiger partial charge in [0.2, 0.25) is 0 Å². The van der Waals surface area contributed by atoms with Crippen LogP contribution in [-0.2, 0) is 10.0 Å². The van der Waals surface area contributed by atoms with E-state index in [0.29, 0.717) is 11.5 Å². The van der Waals surface area contributed by atoms with Crippen molar-refractivity contribution in [3.05, 3.63) is 96.1 Å². The molecule has 0 aliphatic rings. The molecule has 4 nitrogen and oxygen atoms in total. The monoisotopic (exact) mass is 378 g/mol. The first kappa shape index (κ1) is 18.9. The summed E-state index contributed by atoms with van der Waals surface area (Å²) in [6.45, 7) is 4.26. The Morgan fingerprint density at radius 2 is 1.37 bits per heavy atom. The van der Waals surface area contributed by atoms with Gasteiger partial charge in [-0.25, -0.2) is 0 Å². The number of hydrogen-bond acceptors (Lipinski definition) is 2. The van der Waals surface area contributed by atoms with Gasteiger partial charge in [-0.1, -0.05) is 74.5 Å². The summed E-state index contributed by atoms with van der Waals surface area (Å²) in [6, 6.07) is 25.4. The molecule has 0 unspecified atom stereocenters. The van der Waals surface area contributed by atoms with Gasteiger partial charge < -0.3 is 5.32 Å². The summed E-state index contributed by atoms with van der Waals surface area (Å²) in [5, 5.41) is 3.16. The van der Waals surface area contributed by atoms with Crippen LogP contribution >= 0.6 is 0 Å². The third-order valence-corrected chi connectivity index (χ3v) is 5.43. The Labute approximate surface area is 160 Å². The lowest BCUT2D eigenvalue weighted by Crippen LogP contribution is -2.16. The van der Waals surface area contributed by atoms with Crippen LogP contribution < -0.4 is 5.32 Å². The highest BCUT2D eigenvalue weighted by atomic mass is 32.2. The summed E-state index contributed by atoms with van der Waals surface area (Å²) in [4.78, 5) is 0.162. The van der Waals surface area contributed by atoms with Crippen molar-refractivity contribution in [3.8, 4) is 0 Å². The van der Waals surface area contributed by atoms with Crippen molar-refractivity contribution >= 4 is 21.5 Å². The van der Waals surface area contributed by atoms with Crippen LogP contribution in [0.1, 0.15) is 30.9 Å². The van der Waals surface area contributed by atoms with Gasteiger partial charge in [0.1, 0.15) is 0 Å². The molecule has 27 heavy (non-hydrogen) atoms. The lowest BCUT2D eigenvalue weighted by atomic mass is 10.0. The van der Waals surface area contributed by atoms with Gasteiger partial charge in [-0.05, 0) is 35.7 Å². The zero-order valence-electron chi connectivity index (χ0n) is 15.3. The lowest BCUT2D eigenvalue weighted by molar-refractivity contribution is 0.598. The topological polar surface area (TPSA) is 58.5 Å². The van der Waals surface area contributed by atoms with Crippen LogP contribution in [0.3, 0.4) is 0 Å². The van der Waals surface area contributed by atoms with Crippen LogP contribution in [0.4, 0.5) is 5.69 Å². The highest BCUT2D eigenvalue weighted by Gasteiger charge is 2.15. The molecule has 3 aromatic rings. The molecule has 0 aromatic heterocycles. The second-order valence-corrected chi connectivity index (χ2v) is 8.10. The van der Waals surface area contributed by atoms with Gasteiger partial charge in [-0.15, -0.1) is 4.40 Å². The Balaban J connectivity index is 1.99. The van der Waals surface area contributed by atoms with E-state index in [2.05, 4.69) is 23.6 Å². The predicted molar refractivity (Wildman–Crippen MR) is 111 cm³/mol. The quantitative estimate of drug-likeness (QED) is 0.499. The van der Waals surface area contributed by atoms with E-state index in [0.717, 1.165) is 5.69 Å². The van der Waals surface area contributed by atoms with E-state index < -0.39 is 10.0 Å². The number of nitrogens with zero attached hydrogens (tertiary/aromatic N) is 1. The van der Waals surface area contributed by atoms with Crippen LogP contribution in [0, 0.1) is 0 Å². The SMILES string of the molecule is CC(C)c1ccc(NC(=NS(=O)(=O)c2ccccc2)c2ccccc2)cc1. The van der Waals surface area contributed by atoms with Crippen LogP contribution in [0.2, 0.25) is 0 Å². The molecule has 0 heterocycles. The summed E-state index contributed by atoms with van der Waals surface area (Å²) >= 11 is 0. The normalized spacial score (nSPS) is 12.2. The minimum Gasteiger partial charge on any atom is -0.339 e. The molecule has 0 saturated heterocycles. The molecule has 0 aliphatic heterocycles. The fourth-order valence-corrected chi connectivity index (χ4v) is 3.60. The molecule has 0 bridgehead atoms. The molecule has 5 heteroatoms. The van der Waals surface area contributed by atoms with Crippen molar-refractivity contribution in [1.82, 2.24) is 0 Å². The van der Waals surface area contributed by atoms with Gasteiger partial charge in [0, 0.05) is 11.3 Å². The average Bonchev–Trinajstić information content (AvgIpc) is 2.69. The first-order valence-corrected chi connectivity index (χ1v) is 10.2. The van der Waals surface area contributed by atoms with Crippen molar-refractivity contribution in [2.45, 2.75) is 24.7 Å². The van der Waals surface area contributed by atoms with Crippen molar-refractivity contribution in [2.75, 3.05) is 5.32 Å². The van der Waals surface area contributed by atoms with E-state index in [9.17, 15) is 8.42 Å². The minimum absolute atomic E-state index is 0.162. The van der Waals surface area contributed by atoms with E-state index >= 15 is 0 Å². The molecule has 0 amide bonds. The van der Waals surface area contributed by atoms with Crippen molar-refractivity contribution in [1.29, 1.82) is 0 Å². The largest absolute Gasteiger partial charge is 0.339 e. The van der Waals surface area contributed by atoms with E-state index in [1.165, 1.54) is 5.56 Å². The molecule has 0 saturated carbocycles. The third kappa shape index (κ3) is 4.83. The molecule has 1 N–H and O–H groups in total. The van der Waals surface area contributed by atoms with Gasteiger partial charge in [0.25, 0.3) is 10.0 Å². The van der Waals surface area contributed by atoms with Gasteiger partial charge in [0.05, 0.1) is 4.90 Å². The van der Waals surface area contributed by atoms with Gasteiger partial charge in [-0.2, -0.15) is 8.42 Å². The Hall–Kier alpha value is -2.92. The Morgan fingerprint density at radius 1 is 0.815 bits per heavy atom.